The normalized spacial score (nSPS) is 11.0. The molecule has 1 heterocycles. The summed E-state index contributed by atoms with van der Waals surface area (Å²) in [6, 6.07) is 6.20. The monoisotopic (exact) mass is 359 g/mol. The highest BCUT2D eigenvalue weighted by Gasteiger charge is 2.10. The molecule has 2 aromatic rings. The Morgan fingerprint density at radius 1 is 1.31 bits per heavy atom. The summed E-state index contributed by atoms with van der Waals surface area (Å²) in [6.45, 7) is 9.24. The molecule has 0 aliphatic carbocycles. The van der Waals surface area contributed by atoms with E-state index in [4.69, 9.17) is 9.26 Å². The van der Waals surface area contributed by atoms with E-state index in [1.165, 1.54) is 5.56 Å². The zero-order valence-electron chi connectivity index (χ0n) is 16.2. The first-order chi connectivity index (χ1) is 12.5. The highest BCUT2D eigenvalue weighted by Crippen LogP contribution is 2.20. The lowest BCUT2D eigenvalue weighted by molar-refractivity contribution is -0.121. The van der Waals surface area contributed by atoms with Crippen molar-refractivity contribution in [2.24, 2.45) is 0 Å². The molecule has 0 unspecified atom stereocenters. The highest BCUT2D eigenvalue weighted by molar-refractivity contribution is 5.75. The van der Waals surface area contributed by atoms with Crippen LogP contribution >= 0.6 is 0 Å². The summed E-state index contributed by atoms with van der Waals surface area (Å²) in [5.41, 5.74) is 2.36. The van der Waals surface area contributed by atoms with E-state index in [9.17, 15) is 4.79 Å². The number of aromatic nitrogens is 2. The molecular formula is C20H29N3O3. The van der Waals surface area contributed by atoms with E-state index in [0.717, 1.165) is 24.2 Å². The van der Waals surface area contributed by atoms with E-state index >= 15 is 0 Å². The van der Waals surface area contributed by atoms with Crippen LogP contribution in [0.4, 0.5) is 0 Å². The van der Waals surface area contributed by atoms with Crippen molar-refractivity contribution in [3.05, 3.63) is 41.0 Å². The van der Waals surface area contributed by atoms with E-state index in [2.05, 4.69) is 27.6 Å². The molecule has 0 saturated heterocycles. The number of nitrogens with zero attached hydrogens (tertiary/aromatic N) is 2. The Kier molecular flexibility index (Phi) is 7.63. The summed E-state index contributed by atoms with van der Waals surface area (Å²) in [5.74, 6) is 2.50. The first-order valence-electron chi connectivity index (χ1n) is 9.31. The van der Waals surface area contributed by atoms with Crippen LogP contribution in [-0.2, 0) is 17.6 Å². The van der Waals surface area contributed by atoms with E-state index in [1.807, 2.05) is 33.8 Å². The minimum atomic E-state index is 0.0521. The van der Waals surface area contributed by atoms with Crippen LogP contribution in [0.3, 0.4) is 0 Å². The predicted octanol–water partition coefficient (Wildman–Crippen LogP) is 3.58. The second-order valence-electron chi connectivity index (χ2n) is 6.69. The smallest absolute Gasteiger partial charge is 0.228 e. The van der Waals surface area contributed by atoms with Gasteiger partial charge in [0.15, 0.2) is 5.82 Å². The number of hydrogen-bond donors (Lipinski definition) is 1. The van der Waals surface area contributed by atoms with Crippen LogP contribution in [-0.4, -0.2) is 29.2 Å². The van der Waals surface area contributed by atoms with Crippen molar-refractivity contribution in [1.82, 2.24) is 15.5 Å². The summed E-state index contributed by atoms with van der Waals surface area (Å²) in [7, 11) is 0. The fourth-order valence-electron chi connectivity index (χ4n) is 2.64. The molecule has 0 bridgehead atoms. The van der Waals surface area contributed by atoms with Crippen LogP contribution < -0.4 is 10.1 Å². The van der Waals surface area contributed by atoms with Gasteiger partial charge in [-0.15, -0.1) is 0 Å². The standard InChI is InChI=1S/C20H29N3O3/c1-5-25-17-10-9-16(13-15(17)4)7-6-8-18(24)21-12-11-19-22-20(14(2)3)23-26-19/h9-10,13-14H,5-8,11-12H2,1-4H3,(H,21,24). The largest absolute Gasteiger partial charge is 0.494 e. The van der Waals surface area contributed by atoms with Crippen molar-refractivity contribution < 1.29 is 14.1 Å². The number of ether oxygens (including phenoxy) is 1. The zero-order valence-corrected chi connectivity index (χ0v) is 16.2. The summed E-state index contributed by atoms with van der Waals surface area (Å²) in [5, 5.41) is 6.82. The molecule has 0 atom stereocenters. The first-order valence-corrected chi connectivity index (χ1v) is 9.31. The van der Waals surface area contributed by atoms with Crippen molar-refractivity contribution >= 4 is 5.91 Å². The molecule has 2 rings (SSSR count). The third kappa shape index (κ3) is 6.17. The minimum Gasteiger partial charge on any atom is -0.494 e. The van der Waals surface area contributed by atoms with Crippen LogP contribution in [0.1, 0.15) is 62.4 Å². The zero-order chi connectivity index (χ0) is 18.9. The highest BCUT2D eigenvalue weighted by atomic mass is 16.5. The van der Waals surface area contributed by atoms with Gasteiger partial charge >= 0.3 is 0 Å². The molecule has 6 nitrogen and oxygen atoms in total. The van der Waals surface area contributed by atoms with Crippen molar-refractivity contribution in [3.63, 3.8) is 0 Å². The molecule has 1 aromatic carbocycles. The van der Waals surface area contributed by atoms with Crippen LogP contribution in [0.15, 0.2) is 22.7 Å². The Hall–Kier alpha value is -2.37. The van der Waals surface area contributed by atoms with Crippen LogP contribution in [0.25, 0.3) is 0 Å². The molecule has 0 aliphatic heterocycles. The van der Waals surface area contributed by atoms with Gasteiger partial charge in [0.1, 0.15) is 5.75 Å². The number of rotatable bonds is 10. The quantitative estimate of drug-likeness (QED) is 0.701. The fourth-order valence-corrected chi connectivity index (χ4v) is 2.64. The number of hydrogen-bond acceptors (Lipinski definition) is 5. The number of carbonyl (C=O) groups is 1. The maximum Gasteiger partial charge on any atom is 0.228 e. The number of benzene rings is 1. The second kappa shape index (κ2) is 9.94. The van der Waals surface area contributed by atoms with Gasteiger partial charge < -0.3 is 14.6 Å². The summed E-state index contributed by atoms with van der Waals surface area (Å²) in [6.07, 6.45) is 2.76. The van der Waals surface area contributed by atoms with Crippen LogP contribution in [0.5, 0.6) is 5.75 Å². The fraction of sp³-hybridized carbons (Fsp3) is 0.550. The molecule has 1 aromatic heterocycles. The molecule has 1 amide bonds. The van der Waals surface area contributed by atoms with Gasteiger partial charge in [0, 0.05) is 25.3 Å². The Bertz CT molecular complexity index is 710. The molecular weight excluding hydrogens is 330 g/mol. The Labute approximate surface area is 155 Å². The summed E-state index contributed by atoms with van der Waals surface area (Å²) in [4.78, 5) is 16.2. The average molecular weight is 359 g/mol. The number of amides is 1. The van der Waals surface area contributed by atoms with Crippen molar-refractivity contribution in [3.8, 4) is 5.75 Å². The second-order valence-corrected chi connectivity index (χ2v) is 6.69. The summed E-state index contributed by atoms with van der Waals surface area (Å²) >= 11 is 0. The van der Waals surface area contributed by atoms with Crippen molar-refractivity contribution in [1.29, 1.82) is 0 Å². The van der Waals surface area contributed by atoms with Crippen LogP contribution in [0.2, 0.25) is 0 Å². The van der Waals surface area contributed by atoms with Gasteiger partial charge in [-0.05, 0) is 43.9 Å². The number of carbonyl (C=O) groups excluding carboxylic acids is 1. The van der Waals surface area contributed by atoms with Crippen LogP contribution in [0, 0.1) is 6.92 Å². The Morgan fingerprint density at radius 2 is 2.12 bits per heavy atom. The van der Waals surface area contributed by atoms with E-state index in [0.29, 0.717) is 37.7 Å². The molecule has 0 radical (unpaired) electrons. The van der Waals surface area contributed by atoms with E-state index < -0.39 is 0 Å². The molecule has 0 spiro atoms. The molecule has 0 aliphatic rings. The third-order valence-electron chi connectivity index (χ3n) is 4.07. The topological polar surface area (TPSA) is 77.2 Å². The third-order valence-corrected chi connectivity index (χ3v) is 4.07. The lowest BCUT2D eigenvalue weighted by Gasteiger charge is -2.09. The lowest BCUT2D eigenvalue weighted by atomic mass is 10.0. The maximum absolute atomic E-state index is 11.9. The molecule has 26 heavy (non-hydrogen) atoms. The van der Waals surface area contributed by atoms with Gasteiger partial charge in [0.2, 0.25) is 11.8 Å². The number of aryl methyl sites for hydroxylation is 2. The first kappa shape index (κ1) is 19.9. The maximum atomic E-state index is 11.9. The molecule has 0 saturated carbocycles. The van der Waals surface area contributed by atoms with Crippen molar-refractivity contribution in [2.75, 3.05) is 13.2 Å². The van der Waals surface area contributed by atoms with Gasteiger partial charge in [-0.2, -0.15) is 4.98 Å². The lowest BCUT2D eigenvalue weighted by Crippen LogP contribution is -2.25. The van der Waals surface area contributed by atoms with E-state index in [1.54, 1.807) is 0 Å². The molecule has 1 N–H and O–H groups in total. The molecule has 6 heteroatoms. The SMILES string of the molecule is CCOc1ccc(CCCC(=O)NCCc2nc(C(C)C)no2)cc1C. The predicted molar refractivity (Wildman–Crippen MR) is 100 cm³/mol. The van der Waals surface area contributed by atoms with Gasteiger partial charge in [0.05, 0.1) is 6.61 Å². The summed E-state index contributed by atoms with van der Waals surface area (Å²) < 4.78 is 10.7. The van der Waals surface area contributed by atoms with Gasteiger partial charge in [-0.1, -0.05) is 31.1 Å². The molecule has 0 fully saturated rings. The molecule has 142 valence electrons. The number of nitrogens with one attached hydrogen (secondary N) is 1. The van der Waals surface area contributed by atoms with Gasteiger partial charge in [-0.3, -0.25) is 4.79 Å². The Morgan fingerprint density at radius 3 is 2.77 bits per heavy atom. The van der Waals surface area contributed by atoms with E-state index in [-0.39, 0.29) is 11.8 Å². The van der Waals surface area contributed by atoms with Gasteiger partial charge in [0.25, 0.3) is 0 Å². The Balaban J connectivity index is 1.66. The minimum absolute atomic E-state index is 0.0521. The van der Waals surface area contributed by atoms with Gasteiger partial charge in [-0.25, -0.2) is 0 Å². The average Bonchev–Trinajstić information content (AvgIpc) is 3.07. The van der Waals surface area contributed by atoms with Crippen molar-refractivity contribution in [2.45, 2.75) is 59.3 Å².